The van der Waals surface area contributed by atoms with Crippen molar-refractivity contribution in [3.8, 4) is 17.2 Å². The molecule has 1 aliphatic heterocycles. The molecule has 7 nitrogen and oxygen atoms in total. The first-order valence-electron chi connectivity index (χ1n) is 10.5. The van der Waals surface area contributed by atoms with Crippen LogP contribution in [0.4, 0.5) is 0 Å². The van der Waals surface area contributed by atoms with Crippen molar-refractivity contribution in [2.75, 3.05) is 47.5 Å². The van der Waals surface area contributed by atoms with Gasteiger partial charge in [-0.15, -0.1) is 0 Å². The number of methoxy groups -OCH3 is 3. The van der Waals surface area contributed by atoms with E-state index in [1.807, 2.05) is 12.1 Å². The van der Waals surface area contributed by atoms with Gasteiger partial charge >= 0.3 is 0 Å². The largest absolute Gasteiger partial charge is 0.493 e. The lowest BCUT2D eigenvalue weighted by Crippen LogP contribution is -2.47. The van der Waals surface area contributed by atoms with Gasteiger partial charge in [0.25, 0.3) is 0 Å². The van der Waals surface area contributed by atoms with Crippen molar-refractivity contribution in [2.24, 2.45) is 10.9 Å². The Labute approximate surface area is 175 Å². The monoisotopic (exact) mass is 406 g/mol. The molecule has 2 rings (SSSR count). The van der Waals surface area contributed by atoms with Crippen molar-refractivity contribution in [3.05, 3.63) is 17.7 Å². The Morgan fingerprint density at radius 2 is 1.86 bits per heavy atom. The summed E-state index contributed by atoms with van der Waals surface area (Å²) in [5, 5.41) is 7.00. The molecule has 29 heavy (non-hydrogen) atoms. The van der Waals surface area contributed by atoms with Crippen LogP contribution in [-0.2, 0) is 6.42 Å². The molecule has 1 fully saturated rings. The third-order valence-electron chi connectivity index (χ3n) is 5.47. The minimum Gasteiger partial charge on any atom is -0.493 e. The molecule has 2 unspecified atom stereocenters. The van der Waals surface area contributed by atoms with E-state index in [-0.39, 0.29) is 0 Å². The zero-order valence-electron chi connectivity index (χ0n) is 19.0. The van der Waals surface area contributed by atoms with E-state index in [0.29, 0.717) is 41.8 Å². The topological polar surface area (TPSA) is 67.4 Å². The normalized spacial score (nSPS) is 20.1. The van der Waals surface area contributed by atoms with Gasteiger partial charge in [-0.3, -0.25) is 9.89 Å². The number of rotatable bonds is 9. The number of likely N-dealkylation sites (tertiary alicyclic amines) is 1. The van der Waals surface area contributed by atoms with Gasteiger partial charge in [0.15, 0.2) is 17.5 Å². The molecule has 0 saturated carbocycles. The Kier molecular flexibility index (Phi) is 8.89. The molecule has 2 N–H and O–H groups in total. The summed E-state index contributed by atoms with van der Waals surface area (Å²) in [4.78, 5) is 7.31. The third-order valence-corrected chi connectivity index (χ3v) is 5.47. The number of ether oxygens (including phenoxy) is 3. The number of hydrogen-bond acceptors (Lipinski definition) is 5. The minimum absolute atomic E-state index is 0.408. The maximum absolute atomic E-state index is 5.58. The second kappa shape index (κ2) is 11.1. The van der Waals surface area contributed by atoms with E-state index in [1.165, 1.54) is 0 Å². The van der Waals surface area contributed by atoms with Crippen LogP contribution in [0.1, 0.15) is 33.3 Å². The predicted molar refractivity (Wildman–Crippen MR) is 119 cm³/mol. The molecule has 0 aliphatic carbocycles. The standard InChI is InChI=1S/C22H38N4O3/c1-8-23-22(25-18-14-26(15(2)3)13-16(18)4)24-12-11-17-9-10-19(27-5)21(29-7)20(17)28-6/h9-10,15-16,18H,8,11-14H2,1-7H3,(H2,23,24,25). The molecule has 164 valence electrons. The summed E-state index contributed by atoms with van der Waals surface area (Å²) in [5.74, 6) is 3.45. The average molecular weight is 407 g/mol. The lowest BCUT2D eigenvalue weighted by molar-refractivity contribution is 0.265. The Bertz CT molecular complexity index is 678. The van der Waals surface area contributed by atoms with Crippen LogP contribution in [0.5, 0.6) is 17.2 Å². The molecule has 0 aromatic heterocycles. The van der Waals surface area contributed by atoms with Crippen LogP contribution in [0.2, 0.25) is 0 Å². The van der Waals surface area contributed by atoms with Crippen LogP contribution in [0.3, 0.4) is 0 Å². The van der Waals surface area contributed by atoms with Gasteiger partial charge in [-0.1, -0.05) is 13.0 Å². The van der Waals surface area contributed by atoms with Gasteiger partial charge < -0.3 is 24.8 Å². The van der Waals surface area contributed by atoms with E-state index in [0.717, 1.165) is 37.6 Å². The number of benzene rings is 1. The highest BCUT2D eigenvalue weighted by Gasteiger charge is 2.31. The van der Waals surface area contributed by atoms with E-state index in [4.69, 9.17) is 19.2 Å². The van der Waals surface area contributed by atoms with Crippen molar-refractivity contribution in [2.45, 2.75) is 46.2 Å². The highest BCUT2D eigenvalue weighted by atomic mass is 16.5. The first-order chi connectivity index (χ1) is 13.9. The molecule has 2 atom stereocenters. The van der Waals surface area contributed by atoms with E-state index < -0.39 is 0 Å². The maximum atomic E-state index is 5.58. The van der Waals surface area contributed by atoms with E-state index >= 15 is 0 Å². The van der Waals surface area contributed by atoms with Crippen LogP contribution in [0.15, 0.2) is 17.1 Å². The maximum Gasteiger partial charge on any atom is 0.203 e. The summed E-state index contributed by atoms with van der Waals surface area (Å²) in [6, 6.07) is 4.90. The fourth-order valence-electron chi connectivity index (χ4n) is 3.76. The van der Waals surface area contributed by atoms with Crippen LogP contribution in [0.25, 0.3) is 0 Å². The summed E-state index contributed by atoms with van der Waals surface area (Å²) in [7, 11) is 4.90. The Hall–Kier alpha value is -2.15. The number of guanidine groups is 1. The summed E-state index contributed by atoms with van der Waals surface area (Å²) in [6.45, 7) is 12.6. The van der Waals surface area contributed by atoms with Crippen LogP contribution >= 0.6 is 0 Å². The van der Waals surface area contributed by atoms with Gasteiger partial charge in [-0.2, -0.15) is 0 Å². The van der Waals surface area contributed by atoms with Gasteiger partial charge in [-0.05, 0) is 39.2 Å². The second-order valence-electron chi connectivity index (χ2n) is 7.78. The zero-order chi connectivity index (χ0) is 21.4. The summed E-state index contributed by atoms with van der Waals surface area (Å²) < 4.78 is 16.4. The lowest BCUT2D eigenvalue weighted by atomic mass is 10.1. The molecule has 0 radical (unpaired) electrons. The molecule has 0 bridgehead atoms. The minimum atomic E-state index is 0.408. The zero-order valence-corrected chi connectivity index (χ0v) is 19.0. The average Bonchev–Trinajstić information content (AvgIpc) is 3.08. The predicted octanol–water partition coefficient (Wildman–Crippen LogP) is 2.54. The van der Waals surface area contributed by atoms with Crippen molar-refractivity contribution in [1.29, 1.82) is 0 Å². The van der Waals surface area contributed by atoms with Crippen LogP contribution in [0, 0.1) is 5.92 Å². The van der Waals surface area contributed by atoms with E-state index in [9.17, 15) is 0 Å². The molecule has 7 heteroatoms. The molecule has 1 aliphatic rings. The van der Waals surface area contributed by atoms with Crippen molar-refractivity contribution >= 4 is 5.96 Å². The second-order valence-corrected chi connectivity index (χ2v) is 7.78. The van der Waals surface area contributed by atoms with Crippen LogP contribution < -0.4 is 24.8 Å². The lowest BCUT2D eigenvalue weighted by Gasteiger charge is -2.22. The summed E-state index contributed by atoms with van der Waals surface area (Å²) in [5.41, 5.74) is 1.05. The quantitative estimate of drug-likeness (QED) is 0.485. The summed E-state index contributed by atoms with van der Waals surface area (Å²) in [6.07, 6.45) is 0.748. The van der Waals surface area contributed by atoms with Gasteiger partial charge in [0, 0.05) is 43.8 Å². The fourth-order valence-corrected chi connectivity index (χ4v) is 3.76. The molecule has 0 amide bonds. The SMILES string of the molecule is CCNC(=NCCc1ccc(OC)c(OC)c1OC)NC1CN(C(C)C)CC1C. The van der Waals surface area contributed by atoms with Gasteiger partial charge in [0.1, 0.15) is 0 Å². The number of hydrogen-bond donors (Lipinski definition) is 2. The van der Waals surface area contributed by atoms with Crippen molar-refractivity contribution in [3.63, 3.8) is 0 Å². The van der Waals surface area contributed by atoms with Gasteiger partial charge in [-0.25, -0.2) is 0 Å². The van der Waals surface area contributed by atoms with Crippen molar-refractivity contribution < 1.29 is 14.2 Å². The van der Waals surface area contributed by atoms with Crippen LogP contribution in [-0.4, -0.2) is 70.5 Å². The number of nitrogens with one attached hydrogen (secondary N) is 2. The Morgan fingerprint density at radius 3 is 2.41 bits per heavy atom. The molecular formula is C22H38N4O3. The van der Waals surface area contributed by atoms with Gasteiger partial charge in [0.2, 0.25) is 5.75 Å². The molecule has 1 saturated heterocycles. The Balaban J connectivity index is 2.06. The molecular weight excluding hydrogens is 368 g/mol. The smallest absolute Gasteiger partial charge is 0.203 e. The highest BCUT2D eigenvalue weighted by molar-refractivity contribution is 5.80. The van der Waals surface area contributed by atoms with Gasteiger partial charge in [0.05, 0.1) is 21.3 Å². The first-order valence-corrected chi connectivity index (χ1v) is 10.5. The highest BCUT2D eigenvalue weighted by Crippen LogP contribution is 2.39. The Morgan fingerprint density at radius 1 is 1.14 bits per heavy atom. The molecule has 0 spiro atoms. The van der Waals surface area contributed by atoms with E-state index in [1.54, 1.807) is 21.3 Å². The fraction of sp³-hybridized carbons (Fsp3) is 0.682. The third kappa shape index (κ3) is 5.92. The molecule has 1 aromatic rings. The van der Waals surface area contributed by atoms with Crippen molar-refractivity contribution in [1.82, 2.24) is 15.5 Å². The number of aliphatic imine (C=N–C) groups is 1. The molecule has 1 heterocycles. The molecule has 1 aromatic carbocycles. The summed E-state index contributed by atoms with van der Waals surface area (Å²) >= 11 is 0. The number of nitrogens with zero attached hydrogens (tertiary/aromatic N) is 2. The van der Waals surface area contributed by atoms with E-state index in [2.05, 4.69) is 43.2 Å². The first kappa shape index (κ1) is 23.1.